The summed E-state index contributed by atoms with van der Waals surface area (Å²) in [7, 11) is 1.76. The van der Waals surface area contributed by atoms with Gasteiger partial charge in [0.1, 0.15) is 6.04 Å². The Morgan fingerprint density at radius 3 is 2.40 bits per heavy atom. The van der Waals surface area contributed by atoms with Crippen LogP contribution in [0.1, 0.15) is 52.4 Å². The molecular weight excluding hydrogens is 256 g/mol. The Morgan fingerprint density at radius 2 is 1.80 bits per heavy atom. The van der Waals surface area contributed by atoms with Crippen LogP contribution in [0.15, 0.2) is 0 Å². The molecule has 0 spiro atoms. The molecule has 114 valence electrons. The smallest absolute Gasteiger partial charge is 0.326 e. The van der Waals surface area contributed by atoms with E-state index in [1.807, 2.05) is 13.8 Å². The number of hydrogen-bond donors (Lipinski definition) is 1. The summed E-state index contributed by atoms with van der Waals surface area (Å²) >= 11 is 0. The van der Waals surface area contributed by atoms with Gasteiger partial charge in [0.05, 0.1) is 0 Å². The minimum Gasteiger partial charge on any atom is -0.480 e. The number of piperidine rings is 1. The number of carboxylic acids is 1. The van der Waals surface area contributed by atoms with Gasteiger partial charge >= 0.3 is 12.0 Å². The van der Waals surface area contributed by atoms with Gasteiger partial charge in [-0.1, -0.05) is 12.8 Å². The largest absolute Gasteiger partial charge is 0.480 e. The average molecular weight is 282 g/mol. The van der Waals surface area contributed by atoms with E-state index in [4.69, 9.17) is 0 Å². The van der Waals surface area contributed by atoms with Crippen molar-refractivity contribution in [3.8, 4) is 0 Å². The van der Waals surface area contributed by atoms with E-state index >= 15 is 0 Å². The van der Waals surface area contributed by atoms with Crippen LogP contribution < -0.4 is 0 Å². The maximum Gasteiger partial charge on any atom is 0.326 e. The summed E-state index contributed by atoms with van der Waals surface area (Å²) < 4.78 is 0. The van der Waals surface area contributed by atoms with Gasteiger partial charge in [0.2, 0.25) is 0 Å². The number of nitrogens with zero attached hydrogens (tertiary/aromatic N) is 2. The Labute approximate surface area is 120 Å². The van der Waals surface area contributed by atoms with E-state index in [-0.39, 0.29) is 18.1 Å². The molecule has 2 fully saturated rings. The third kappa shape index (κ3) is 2.76. The van der Waals surface area contributed by atoms with E-state index in [0.717, 1.165) is 25.7 Å². The topological polar surface area (TPSA) is 60.9 Å². The lowest BCUT2D eigenvalue weighted by Crippen LogP contribution is -2.60. The van der Waals surface area contributed by atoms with Crippen molar-refractivity contribution in [1.82, 2.24) is 9.80 Å². The molecule has 5 heteroatoms. The lowest BCUT2D eigenvalue weighted by molar-refractivity contribution is -0.146. The molecule has 1 saturated carbocycles. The van der Waals surface area contributed by atoms with Crippen molar-refractivity contribution in [3.63, 3.8) is 0 Å². The molecule has 2 aliphatic rings. The first-order valence-corrected chi connectivity index (χ1v) is 7.71. The Bertz CT molecular complexity index is 383. The lowest BCUT2D eigenvalue weighted by atomic mass is 9.76. The number of hydrogen-bond acceptors (Lipinski definition) is 2. The number of fused-ring (bicyclic) bond motifs is 1. The van der Waals surface area contributed by atoms with Crippen molar-refractivity contribution in [2.45, 2.75) is 70.5 Å². The molecule has 3 atom stereocenters. The van der Waals surface area contributed by atoms with Crippen LogP contribution in [0.25, 0.3) is 0 Å². The number of carboxylic acid groups (broad SMARTS) is 1. The summed E-state index contributed by atoms with van der Waals surface area (Å²) in [5.74, 6) is -0.372. The first kappa shape index (κ1) is 15.1. The van der Waals surface area contributed by atoms with E-state index in [1.165, 1.54) is 6.42 Å². The molecule has 1 N–H and O–H groups in total. The fourth-order valence-corrected chi connectivity index (χ4v) is 3.55. The van der Waals surface area contributed by atoms with Crippen LogP contribution in [-0.4, -0.2) is 52.1 Å². The zero-order chi connectivity index (χ0) is 14.9. The Kier molecular flexibility index (Phi) is 4.55. The summed E-state index contributed by atoms with van der Waals surface area (Å²) in [5.41, 5.74) is 0. The van der Waals surface area contributed by atoms with Crippen molar-refractivity contribution in [2.75, 3.05) is 7.05 Å². The zero-order valence-electron chi connectivity index (χ0n) is 12.7. The Balaban J connectivity index is 2.25. The highest BCUT2D eigenvalue weighted by atomic mass is 16.4. The first-order chi connectivity index (χ1) is 9.43. The number of likely N-dealkylation sites (tertiary alicyclic amines) is 1. The third-order valence-electron chi connectivity index (χ3n) is 4.96. The molecule has 5 nitrogen and oxygen atoms in total. The van der Waals surface area contributed by atoms with Crippen LogP contribution in [0, 0.1) is 5.92 Å². The Hall–Kier alpha value is -1.26. The molecule has 20 heavy (non-hydrogen) atoms. The van der Waals surface area contributed by atoms with Crippen molar-refractivity contribution in [1.29, 1.82) is 0 Å². The summed E-state index contributed by atoms with van der Waals surface area (Å²) in [4.78, 5) is 27.6. The molecule has 1 aliphatic heterocycles. The number of urea groups is 1. The molecule has 1 aliphatic carbocycles. The van der Waals surface area contributed by atoms with Gasteiger partial charge in [0, 0.05) is 19.1 Å². The minimum atomic E-state index is -0.862. The number of rotatable bonds is 2. The van der Waals surface area contributed by atoms with Gasteiger partial charge in [0.25, 0.3) is 0 Å². The van der Waals surface area contributed by atoms with E-state index in [2.05, 4.69) is 0 Å². The molecule has 0 bridgehead atoms. The van der Waals surface area contributed by atoms with Crippen LogP contribution in [0.3, 0.4) is 0 Å². The maximum atomic E-state index is 12.7. The second-order valence-electron chi connectivity index (χ2n) is 6.44. The highest BCUT2D eigenvalue weighted by Crippen LogP contribution is 2.38. The molecule has 3 unspecified atom stereocenters. The second kappa shape index (κ2) is 6.02. The van der Waals surface area contributed by atoms with E-state index < -0.39 is 12.0 Å². The predicted octanol–water partition coefficient (Wildman–Crippen LogP) is 2.55. The summed E-state index contributed by atoms with van der Waals surface area (Å²) in [6, 6.07) is -0.569. The molecule has 0 aromatic rings. The van der Waals surface area contributed by atoms with Crippen molar-refractivity contribution >= 4 is 12.0 Å². The van der Waals surface area contributed by atoms with Crippen molar-refractivity contribution < 1.29 is 14.7 Å². The third-order valence-corrected chi connectivity index (χ3v) is 4.96. The molecular formula is C15H26N2O3. The van der Waals surface area contributed by atoms with E-state index in [1.54, 1.807) is 16.8 Å². The highest BCUT2D eigenvalue weighted by Gasteiger charge is 2.44. The van der Waals surface area contributed by atoms with Gasteiger partial charge in [-0.25, -0.2) is 9.59 Å². The Morgan fingerprint density at radius 1 is 1.15 bits per heavy atom. The lowest BCUT2D eigenvalue weighted by Gasteiger charge is -2.48. The zero-order valence-corrected chi connectivity index (χ0v) is 12.7. The predicted molar refractivity (Wildman–Crippen MR) is 76.5 cm³/mol. The van der Waals surface area contributed by atoms with Gasteiger partial charge in [-0.15, -0.1) is 0 Å². The van der Waals surface area contributed by atoms with Crippen LogP contribution >= 0.6 is 0 Å². The average Bonchev–Trinajstić information content (AvgIpc) is 2.44. The quantitative estimate of drug-likeness (QED) is 0.846. The molecule has 0 aromatic carbocycles. The first-order valence-electron chi connectivity index (χ1n) is 7.71. The van der Waals surface area contributed by atoms with Gasteiger partial charge in [0.15, 0.2) is 0 Å². The fraction of sp³-hybridized carbons (Fsp3) is 0.867. The second-order valence-corrected chi connectivity index (χ2v) is 6.44. The number of aliphatic carboxylic acids is 1. The molecule has 2 rings (SSSR count). The molecule has 1 saturated heterocycles. The van der Waals surface area contributed by atoms with Crippen LogP contribution in [0.4, 0.5) is 4.79 Å². The van der Waals surface area contributed by atoms with Gasteiger partial charge in [-0.3, -0.25) is 0 Å². The van der Waals surface area contributed by atoms with Gasteiger partial charge in [-0.2, -0.15) is 0 Å². The maximum absolute atomic E-state index is 12.7. The van der Waals surface area contributed by atoms with Crippen LogP contribution in [0.2, 0.25) is 0 Å². The van der Waals surface area contributed by atoms with Crippen LogP contribution in [0.5, 0.6) is 0 Å². The SMILES string of the molecule is CC(C)N(C)C(=O)N1C(C(=O)O)CCC2CCCCC21. The summed E-state index contributed by atoms with van der Waals surface area (Å²) in [6.07, 6.45) is 5.92. The normalized spacial score (nSPS) is 30.0. The summed E-state index contributed by atoms with van der Waals surface area (Å²) in [5, 5.41) is 9.46. The van der Waals surface area contributed by atoms with Crippen molar-refractivity contribution in [3.05, 3.63) is 0 Å². The fourth-order valence-electron chi connectivity index (χ4n) is 3.55. The van der Waals surface area contributed by atoms with Gasteiger partial charge < -0.3 is 14.9 Å². The number of carbonyl (C=O) groups is 2. The summed E-state index contributed by atoms with van der Waals surface area (Å²) in [6.45, 7) is 3.91. The van der Waals surface area contributed by atoms with E-state index in [0.29, 0.717) is 12.3 Å². The molecule has 2 amide bonds. The standard InChI is InChI=1S/C15H26N2O3/c1-10(2)16(3)15(20)17-12-7-5-4-6-11(12)8-9-13(17)14(18)19/h10-13H,4-9H2,1-3H3,(H,18,19). The number of carbonyl (C=O) groups excluding carboxylic acids is 1. The molecule has 1 heterocycles. The van der Waals surface area contributed by atoms with Crippen LogP contribution in [-0.2, 0) is 4.79 Å². The van der Waals surface area contributed by atoms with Crippen molar-refractivity contribution in [2.24, 2.45) is 5.92 Å². The molecule has 0 aromatic heterocycles. The monoisotopic (exact) mass is 282 g/mol. The minimum absolute atomic E-state index is 0.0842. The van der Waals surface area contributed by atoms with E-state index in [9.17, 15) is 14.7 Å². The highest BCUT2D eigenvalue weighted by molar-refractivity contribution is 5.83. The molecule has 0 radical (unpaired) electrons. The number of amides is 2. The van der Waals surface area contributed by atoms with Gasteiger partial charge in [-0.05, 0) is 45.4 Å².